The maximum absolute atomic E-state index is 12.1. The summed E-state index contributed by atoms with van der Waals surface area (Å²) in [6.07, 6.45) is 2.56. The smallest absolute Gasteiger partial charge is 0.358 e. The fraction of sp³-hybridized carbons (Fsp3) is 0.227. The minimum absolute atomic E-state index is 0.0273. The van der Waals surface area contributed by atoms with E-state index in [-0.39, 0.29) is 30.4 Å². The molecule has 0 bridgehead atoms. The molecule has 2 aromatic carbocycles. The van der Waals surface area contributed by atoms with Gasteiger partial charge in [-0.05, 0) is 37.1 Å². The number of carbonyl (C=O) groups is 2. The summed E-state index contributed by atoms with van der Waals surface area (Å²) in [4.78, 5) is 34.3. The molecule has 0 aliphatic rings. The molecule has 1 heterocycles. The van der Waals surface area contributed by atoms with E-state index in [1.54, 1.807) is 6.20 Å². The molecular formula is C22H22N4O5. The van der Waals surface area contributed by atoms with Crippen LogP contribution in [0.15, 0.2) is 60.8 Å². The Morgan fingerprint density at radius 2 is 1.81 bits per heavy atom. The van der Waals surface area contributed by atoms with Crippen LogP contribution < -0.4 is 5.32 Å². The molecule has 3 rings (SSSR count). The zero-order valence-corrected chi connectivity index (χ0v) is 17.0. The highest BCUT2D eigenvalue weighted by Crippen LogP contribution is 2.15. The van der Waals surface area contributed by atoms with Crippen LogP contribution in [0.5, 0.6) is 0 Å². The number of nitrogens with one attached hydrogen (secondary N) is 1. The number of benzene rings is 2. The monoisotopic (exact) mass is 422 g/mol. The number of carbonyl (C=O) groups excluding carboxylic acids is 2. The van der Waals surface area contributed by atoms with E-state index in [0.717, 1.165) is 5.56 Å². The summed E-state index contributed by atoms with van der Waals surface area (Å²) >= 11 is 0. The van der Waals surface area contributed by atoms with Crippen LogP contribution in [0.4, 0.5) is 5.69 Å². The number of nitrogens with zero attached hydrogens (tertiary/aromatic N) is 3. The molecule has 160 valence electrons. The molecule has 0 saturated carbocycles. The Bertz CT molecular complexity index is 1060. The average Bonchev–Trinajstić information content (AvgIpc) is 3.27. The van der Waals surface area contributed by atoms with Crippen molar-refractivity contribution in [2.24, 2.45) is 0 Å². The molecule has 0 spiro atoms. The van der Waals surface area contributed by atoms with Crippen LogP contribution in [-0.2, 0) is 16.0 Å². The van der Waals surface area contributed by atoms with Crippen molar-refractivity contribution in [3.05, 3.63) is 87.7 Å². The molecule has 0 aliphatic carbocycles. The molecule has 0 radical (unpaired) electrons. The Balaban J connectivity index is 1.40. The number of ether oxygens (including phenoxy) is 1. The number of amides is 1. The molecule has 0 fully saturated rings. The number of hydrogen-bond acceptors (Lipinski definition) is 6. The molecule has 1 aromatic heterocycles. The van der Waals surface area contributed by atoms with Gasteiger partial charge < -0.3 is 10.1 Å². The van der Waals surface area contributed by atoms with Gasteiger partial charge in [-0.15, -0.1) is 0 Å². The molecule has 1 amide bonds. The summed E-state index contributed by atoms with van der Waals surface area (Å²) in [5, 5.41) is 17.6. The van der Waals surface area contributed by atoms with E-state index in [4.69, 9.17) is 4.74 Å². The van der Waals surface area contributed by atoms with Gasteiger partial charge in [-0.2, -0.15) is 5.10 Å². The lowest BCUT2D eigenvalue weighted by molar-refractivity contribution is -0.384. The molecule has 9 nitrogen and oxygen atoms in total. The molecule has 31 heavy (non-hydrogen) atoms. The van der Waals surface area contributed by atoms with E-state index < -0.39 is 10.9 Å². The maximum Gasteiger partial charge on any atom is 0.358 e. The lowest BCUT2D eigenvalue weighted by Crippen LogP contribution is -2.28. The highest BCUT2D eigenvalue weighted by Gasteiger charge is 2.13. The summed E-state index contributed by atoms with van der Waals surface area (Å²) in [5.41, 5.74) is 2.91. The summed E-state index contributed by atoms with van der Waals surface area (Å²) in [6.45, 7) is 2.25. The van der Waals surface area contributed by atoms with E-state index in [2.05, 4.69) is 10.4 Å². The summed E-state index contributed by atoms with van der Waals surface area (Å²) in [5.74, 6) is -0.728. The van der Waals surface area contributed by atoms with Crippen LogP contribution >= 0.6 is 0 Å². The van der Waals surface area contributed by atoms with Crippen LogP contribution in [0.2, 0.25) is 0 Å². The number of non-ortho nitro benzene ring substituents is 1. The van der Waals surface area contributed by atoms with E-state index in [9.17, 15) is 19.7 Å². The second-order valence-corrected chi connectivity index (χ2v) is 6.89. The van der Waals surface area contributed by atoms with Gasteiger partial charge in [0.15, 0.2) is 5.69 Å². The SMILES string of the molecule is Cc1ccc(CCC(=O)NCCOC(=O)c2ccn(-c3ccc([N+](=O)[O-])cc3)n2)cc1. The lowest BCUT2D eigenvalue weighted by Gasteiger charge is -2.06. The van der Waals surface area contributed by atoms with E-state index in [0.29, 0.717) is 18.5 Å². The second kappa shape index (κ2) is 10.1. The number of aryl methyl sites for hydroxylation is 2. The van der Waals surface area contributed by atoms with Crippen molar-refractivity contribution in [3.8, 4) is 5.69 Å². The first-order valence-corrected chi connectivity index (χ1v) is 9.72. The summed E-state index contributed by atoms with van der Waals surface area (Å²) in [7, 11) is 0. The van der Waals surface area contributed by atoms with Crippen LogP contribution in [0, 0.1) is 17.0 Å². The zero-order valence-electron chi connectivity index (χ0n) is 17.0. The quantitative estimate of drug-likeness (QED) is 0.245. The molecule has 0 aliphatic heterocycles. The van der Waals surface area contributed by atoms with Crippen molar-refractivity contribution in [3.63, 3.8) is 0 Å². The molecule has 0 saturated heterocycles. The minimum Gasteiger partial charge on any atom is -0.459 e. The average molecular weight is 422 g/mol. The number of nitro groups is 1. The predicted octanol–water partition coefficient (Wildman–Crippen LogP) is 2.99. The third kappa shape index (κ3) is 6.23. The number of rotatable bonds is 9. The molecule has 0 unspecified atom stereocenters. The first kappa shape index (κ1) is 21.7. The number of hydrogen-bond donors (Lipinski definition) is 1. The summed E-state index contributed by atoms with van der Waals surface area (Å²) < 4.78 is 6.56. The molecule has 3 aromatic rings. The van der Waals surface area contributed by atoms with Crippen molar-refractivity contribution in [2.75, 3.05) is 13.2 Å². The fourth-order valence-electron chi connectivity index (χ4n) is 2.81. The molecule has 9 heteroatoms. The fourth-order valence-corrected chi connectivity index (χ4v) is 2.81. The third-order valence-corrected chi connectivity index (χ3v) is 4.54. The van der Waals surface area contributed by atoms with Gasteiger partial charge in [0.2, 0.25) is 5.91 Å². The first-order chi connectivity index (χ1) is 14.9. The van der Waals surface area contributed by atoms with Gasteiger partial charge in [0.25, 0.3) is 5.69 Å². The van der Waals surface area contributed by atoms with Crippen molar-refractivity contribution in [1.82, 2.24) is 15.1 Å². The van der Waals surface area contributed by atoms with Gasteiger partial charge in [-0.25, -0.2) is 9.48 Å². The van der Waals surface area contributed by atoms with E-state index >= 15 is 0 Å². The first-order valence-electron chi connectivity index (χ1n) is 9.72. The molecule has 0 atom stereocenters. The van der Waals surface area contributed by atoms with E-state index in [1.165, 1.54) is 40.6 Å². The standard InChI is InChI=1S/C22H22N4O5/c1-16-2-4-17(5-3-16)6-11-21(27)23-13-15-31-22(28)20-12-14-25(24-20)18-7-9-19(10-8-18)26(29)30/h2-5,7-10,12,14H,6,11,13,15H2,1H3,(H,23,27). The van der Waals surface area contributed by atoms with Crippen molar-refractivity contribution in [1.29, 1.82) is 0 Å². The number of nitro benzene ring substituents is 1. The van der Waals surface area contributed by atoms with Crippen LogP contribution in [0.3, 0.4) is 0 Å². The van der Waals surface area contributed by atoms with Gasteiger partial charge in [-0.3, -0.25) is 14.9 Å². The van der Waals surface area contributed by atoms with Gasteiger partial charge in [0.1, 0.15) is 6.61 Å². The Kier molecular flexibility index (Phi) is 7.10. The van der Waals surface area contributed by atoms with Gasteiger partial charge in [-0.1, -0.05) is 29.8 Å². The highest BCUT2D eigenvalue weighted by molar-refractivity contribution is 5.87. The van der Waals surface area contributed by atoms with Crippen molar-refractivity contribution >= 4 is 17.6 Å². The van der Waals surface area contributed by atoms with Crippen molar-refractivity contribution in [2.45, 2.75) is 19.8 Å². The Labute approximate surface area is 178 Å². The Hall–Kier alpha value is -4.01. The minimum atomic E-state index is -0.616. The second-order valence-electron chi connectivity index (χ2n) is 6.89. The summed E-state index contributed by atoms with van der Waals surface area (Å²) in [6, 6.07) is 15.3. The highest BCUT2D eigenvalue weighted by atomic mass is 16.6. The molecule has 1 N–H and O–H groups in total. The third-order valence-electron chi connectivity index (χ3n) is 4.54. The number of aromatic nitrogens is 2. The van der Waals surface area contributed by atoms with Crippen LogP contribution in [0.1, 0.15) is 28.0 Å². The van der Waals surface area contributed by atoms with Gasteiger partial charge in [0, 0.05) is 24.8 Å². The normalized spacial score (nSPS) is 10.5. The zero-order chi connectivity index (χ0) is 22.2. The van der Waals surface area contributed by atoms with Crippen molar-refractivity contribution < 1.29 is 19.2 Å². The number of esters is 1. The maximum atomic E-state index is 12.1. The predicted molar refractivity (Wildman–Crippen MR) is 113 cm³/mol. The topological polar surface area (TPSA) is 116 Å². The van der Waals surface area contributed by atoms with Gasteiger partial charge >= 0.3 is 5.97 Å². The Morgan fingerprint density at radius 1 is 1.10 bits per heavy atom. The lowest BCUT2D eigenvalue weighted by atomic mass is 10.1. The van der Waals surface area contributed by atoms with Crippen LogP contribution in [0.25, 0.3) is 5.69 Å². The Morgan fingerprint density at radius 3 is 2.48 bits per heavy atom. The van der Waals surface area contributed by atoms with E-state index in [1.807, 2.05) is 31.2 Å². The largest absolute Gasteiger partial charge is 0.459 e. The van der Waals surface area contributed by atoms with Crippen LogP contribution in [-0.4, -0.2) is 39.7 Å². The molecular weight excluding hydrogens is 400 g/mol. The van der Waals surface area contributed by atoms with Gasteiger partial charge in [0.05, 0.1) is 17.2 Å².